The molecule has 16 heteroatoms. The minimum absolute atomic E-state index is 0.0603. The maximum atomic E-state index is 14.4. The summed E-state index contributed by atoms with van der Waals surface area (Å²) in [6, 6.07) is 4.28. The van der Waals surface area contributed by atoms with Crippen molar-refractivity contribution in [2.45, 2.75) is 27.6 Å². The minimum atomic E-state index is -10.5. The van der Waals surface area contributed by atoms with Crippen molar-refractivity contribution in [2.75, 3.05) is 25.1 Å². The van der Waals surface area contributed by atoms with Gasteiger partial charge in [-0.2, -0.15) is 0 Å². The highest BCUT2D eigenvalue weighted by molar-refractivity contribution is 8.45. The quantitative estimate of drug-likeness (QED) is 0.252. The van der Waals surface area contributed by atoms with Crippen molar-refractivity contribution in [3.05, 3.63) is 67.0 Å². The first-order chi connectivity index (χ1) is 19.5. The van der Waals surface area contributed by atoms with Crippen molar-refractivity contribution in [2.24, 2.45) is 17.6 Å². The van der Waals surface area contributed by atoms with Crippen LogP contribution in [0.15, 0.2) is 76.8 Å². The summed E-state index contributed by atoms with van der Waals surface area (Å²) in [5.41, 5.74) is 4.97. The van der Waals surface area contributed by atoms with Crippen LogP contribution in [0, 0.1) is 11.8 Å². The van der Waals surface area contributed by atoms with Crippen molar-refractivity contribution < 1.29 is 42.1 Å². The number of hydrogen-bond donors (Lipinski definition) is 3. The van der Waals surface area contributed by atoms with E-state index in [2.05, 4.69) is 15.3 Å². The highest BCUT2D eigenvalue weighted by Gasteiger charge is 2.67. The Morgan fingerprint density at radius 2 is 1.88 bits per heavy atom. The Morgan fingerprint density at radius 3 is 2.57 bits per heavy atom. The number of hydrogen-bond acceptors (Lipinski definition) is 7. The van der Waals surface area contributed by atoms with Crippen LogP contribution in [-0.4, -0.2) is 49.0 Å². The molecule has 1 amide bonds. The molecule has 1 aromatic carbocycles. The van der Waals surface area contributed by atoms with E-state index < -0.39 is 52.3 Å². The topological polar surface area (TPSA) is 136 Å². The molecule has 1 aliphatic heterocycles. The van der Waals surface area contributed by atoms with E-state index in [0.29, 0.717) is 43.2 Å². The highest BCUT2D eigenvalue weighted by Crippen LogP contribution is 3.03. The Hall–Kier alpha value is -3.63. The number of fused-ring (bicyclic) bond motifs is 1. The number of nitrogens with two attached hydrogens (primary N) is 1. The zero-order valence-electron chi connectivity index (χ0n) is 21.8. The van der Waals surface area contributed by atoms with Gasteiger partial charge in [0.05, 0.1) is 16.8 Å². The van der Waals surface area contributed by atoms with Gasteiger partial charge in [-0.3, -0.25) is 4.79 Å². The number of benzene rings is 1. The summed E-state index contributed by atoms with van der Waals surface area (Å²) in [5, 5.41) is 2.92. The average molecular weight is 635 g/mol. The van der Waals surface area contributed by atoms with Crippen LogP contribution >= 0.6 is 10.2 Å². The van der Waals surface area contributed by atoms with Gasteiger partial charge in [-0.15, -0.1) is 0 Å². The molecule has 1 aliphatic carbocycles. The lowest BCUT2D eigenvalue weighted by atomic mass is 9.96. The molecule has 3 heterocycles. The van der Waals surface area contributed by atoms with Crippen LogP contribution in [0.4, 0.5) is 25.1 Å². The van der Waals surface area contributed by atoms with Crippen LogP contribution < -0.4 is 15.8 Å². The van der Waals surface area contributed by atoms with Gasteiger partial charge in [0.25, 0.3) is 0 Å². The molecule has 2 unspecified atom stereocenters. The molecular formula is C26H27F5N4O5S2. The number of anilines is 1. The number of primary amides is 1. The number of nitrogens with one attached hydrogen (secondary N) is 2. The Labute approximate surface area is 237 Å². The molecule has 42 heavy (non-hydrogen) atoms. The van der Waals surface area contributed by atoms with Crippen molar-refractivity contribution in [1.29, 1.82) is 0 Å². The lowest BCUT2D eigenvalue weighted by Crippen LogP contribution is -2.54. The Balaban J connectivity index is 1.63. The molecule has 228 valence electrons. The number of H-pyrrole nitrogens is 1. The number of amides is 1. The Bertz CT molecular complexity index is 1700. The lowest BCUT2D eigenvalue weighted by molar-refractivity contribution is -0.123. The molecule has 1 saturated heterocycles. The van der Waals surface area contributed by atoms with Crippen LogP contribution in [0.3, 0.4) is 0 Å². The molecule has 3 aromatic rings. The van der Waals surface area contributed by atoms with Gasteiger partial charge in [0.1, 0.15) is 22.2 Å². The Kier molecular flexibility index (Phi) is 6.90. The van der Waals surface area contributed by atoms with Gasteiger partial charge in [-0.1, -0.05) is 37.7 Å². The number of nitrogens with zero attached hydrogens (tertiary/aromatic N) is 1. The molecule has 5 rings (SSSR count). The number of aromatic nitrogens is 2. The van der Waals surface area contributed by atoms with Gasteiger partial charge in [-0.25, -0.2) is 13.4 Å². The first kappa shape index (κ1) is 29.8. The first-order valence-electron chi connectivity index (χ1n) is 12.7. The molecular weight excluding hydrogens is 607 g/mol. The second-order valence-corrected chi connectivity index (χ2v) is 14.6. The predicted octanol–water partition coefficient (Wildman–Crippen LogP) is 5.84. The number of sulfone groups is 1. The normalized spacial score (nSPS) is 23.3. The van der Waals surface area contributed by atoms with Gasteiger partial charge in [0.2, 0.25) is 20.7 Å². The van der Waals surface area contributed by atoms with E-state index in [0.717, 1.165) is 24.4 Å². The van der Waals surface area contributed by atoms with Crippen LogP contribution in [0.25, 0.3) is 11.0 Å². The van der Waals surface area contributed by atoms with E-state index in [1.54, 1.807) is 12.3 Å². The third-order valence-corrected chi connectivity index (χ3v) is 10.5. The smallest absolute Gasteiger partial charge is 0.312 e. The van der Waals surface area contributed by atoms with Crippen LogP contribution in [0.5, 0.6) is 5.75 Å². The first-order valence-corrected chi connectivity index (χ1v) is 16.2. The van der Waals surface area contributed by atoms with E-state index >= 15 is 0 Å². The van der Waals surface area contributed by atoms with E-state index in [4.69, 9.17) is 15.2 Å². The SMILES string of the molecule is NC(=O)C1C=CC=CC1(Oc1cnc2[nH]ccc2c1)S(=O)(=O)c1ccc(NCC2CCOCC2)c(S(F)(F)(F)(F)F)c1. The van der Waals surface area contributed by atoms with Crippen molar-refractivity contribution in [1.82, 2.24) is 9.97 Å². The van der Waals surface area contributed by atoms with Gasteiger partial charge in [0, 0.05) is 31.3 Å². The molecule has 0 radical (unpaired) electrons. The van der Waals surface area contributed by atoms with E-state index in [-0.39, 0.29) is 24.3 Å². The second-order valence-electron chi connectivity index (χ2n) is 10.1. The molecule has 4 N–H and O–H groups in total. The van der Waals surface area contributed by atoms with E-state index in [1.165, 1.54) is 18.2 Å². The number of ether oxygens (including phenoxy) is 2. The molecule has 0 bridgehead atoms. The maximum Gasteiger partial charge on any atom is 0.312 e. The lowest BCUT2D eigenvalue weighted by Gasteiger charge is -2.42. The Morgan fingerprint density at radius 1 is 1.14 bits per heavy atom. The number of rotatable bonds is 9. The summed E-state index contributed by atoms with van der Waals surface area (Å²) in [6.07, 6.45) is 8.29. The van der Waals surface area contributed by atoms with Gasteiger partial charge >= 0.3 is 10.2 Å². The van der Waals surface area contributed by atoms with Gasteiger partial charge in [-0.05, 0) is 55.2 Å². The third-order valence-electron chi connectivity index (χ3n) is 7.16. The fraction of sp³-hybridized carbons (Fsp3) is 0.308. The number of halogens is 5. The monoisotopic (exact) mass is 634 g/mol. The number of carbonyl (C=O) groups excluding carboxylic acids is 1. The van der Waals surface area contributed by atoms with Crippen LogP contribution in [0.1, 0.15) is 12.8 Å². The minimum Gasteiger partial charge on any atom is -0.464 e. The van der Waals surface area contributed by atoms with Crippen molar-refractivity contribution in [3.63, 3.8) is 0 Å². The molecule has 1 fully saturated rings. The summed E-state index contributed by atoms with van der Waals surface area (Å²) < 4.78 is 111. The molecule has 0 spiro atoms. The molecule has 2 atom stereocenters. The van der Waals surface area contributed by atoms with E-state index in [1.807, 2.05) is 0 Å². The fourth-order valence-electron chi connectivity index (χ4n) is 4.99. The molecule has 0 saturated carbocycles. The summed E-state index contributed by atoms with van der Waals surface area (Å²) in [5.74, 6) is -3.23. The summed E-state index contributed by atoms with van der Waals surface area (Å²) in [4.78, 5) is 13.1. The van der Waals surface area contributed by atoms with Crippen LogP contribution in [-0.2, 0) is 19.4 Å². The summed E-state index contributed by atoms with van der Waals surface area (Å²) in [7, 11) is -15.7. The maximum absolute atomic E-state index is 14.4. The third kappa shape index (κ3) is 5.70. The fourth-order valence-corrected chi connectivity index (χ4v) is 7.85. The number of pyridine rings is 1. The molecule has 9 nitrogen and oxygen atoms in total. The standard InChI is InChI=1S/C26H27F5N4O5S2/c27-42(28,29,30,31)23-14-20(4-5-22(23)34-15-17-7-11-39-12-8-17)41(37,38)26(9-2-1-3-21(26)24(32)36)40-19-13-18-6-10-33-25(18)35-16-19/h1-6,9-10,13-14,16-17,21,34H,7-8,11-12,15H2,(H2,32,36)(H,33,35). The average Bonchev–Trinajstić information content (AvgIpc) is 3.39. The van der Waals surface area contributed by atoms with Crippen LogP contribution in [0.2, 0.25) is 0 Å². The van der Waals surface area contributed by atoms with Gasteiger partial charge in [0.15, 0.2) is 0 Å². The molecule has 2 aromatic heterocycles. The number of aromatic amines is 1. The predicted molar refractivity (Wildman–Crippen MR) is 147 cm³/mol. The van der Waals surface area contributed by atoms with Crippen molar-refractivity contribution >= 4 is 42.7 Å². The summed E-state index contributed by atoms with van der Waals surface area (Å²) >= 11 is 0. The molecule has 2 aliphatic rings. The highest BCUT2D eigenvalue weighted by atomic mass is 32.5. The second kappa shape index (κ2) is 9.70. The van der Waals surface area contributed by atoms with Crippen molar-refractivity contribution in [3.8, 4) is 5.75 Å². The van der Waals surface area contributed by atoms with Gasteiger partial charge < -0.3 is 25.5 Å². The zero-order chi connectivity index (χ0) is 30.5. The number of carbonyl (C=O) groups is 1. The van der Waals surface area contributed by atoms with E-state index in [9.17, 15) is 32.6 Å². The number of allylic oxidation sites excluding steroid dienone is 2. The summed E-state index contributed by atoms with van der Waals surface area (Å²) in [6.45, 7) is 0.709. The largest absolute Gasteiger partial charge is 0.464 e. The zero-order valence-corrected chi connectivity index (χ0v) is 23.4.